The summed E-state index contributed by atoms with van der Waals surface area (Å²) in [5, 5.41) is 2.66. The molecule has 3 aromatic heterocycles. The maximum Gasteiger partial charge on any atom is 0.297 e. The van der Waals surface area contributed by atoms with Crippen molar-refractivity contribution < 1.29 is 13.9 Å². The van der Waals surface area contributed by atoms with Gasteiger partial charge in [0.05, 0.1) is 24.1 Å². The van der Waals surface area contributed by atoms with Crippen LogP contribution in [0.5, 0.6) is 5.75 Å². The molecule has 8 heteroatoms. The van der Waals surface area contributed by atoms with Gasteiger partial charge in [-0.25, -0.2) is 4.98 Å². The molecule has 138 valence electrons. The Bertz CT molecular complexity index is 1250. The molecule has 1 aliphatic rings. The highest BCUT2D eigenvalue weighted by atomic mass is 32.1. The van der Waals surface area contributed by atoms with Gasteiger partial charge in [0, 0.05) is 30.0 Å². The van der Waals surface area contributed by atoms with Gasteiger partial charge < -0.3 is 9.15 Å². The van der Waals surface area contributed by atoms with E-state index in [-0.39, 0.29) is 11.2 Å². The third kappa shape index (κ3) is 2.35. The number of nitrogens with zero attached hydrogens (tertiary/aromatic N) is 3. The van der Waals surface area contributed by atoms with Crippen LogP contribution in [0, 0.1) is 0 Å². The van der Waals surface area contributed by atoms with Gasteiger partial charge in [0.15, 0.2) is 10.6 Å². The summed E-state index contributed by atoms with van der Waals surface area (Å²) in [4.78, 5) is 36.5. The Morgan fingerprint density at radius 1 is 1.21 bits per heavy atom. The molecule has 28 heavy (non-hydrogen) atoms. The molecule has 0 aliphatic carbocycles. The van der Waals surface area contributed by atoms with Gasteiger partial charge >= 0.3 is 0 Å². The molecule has 0 N–H and O–H groups in total. The molecule has 1 amide bonds. The van der Waals surface area contributed by atoms with Crippen LogP contribution in [0.4, 0.5) is 5.13 Å². The second-order valence-corrected chi connectivity index (χ2v) is 7.09. The molecule has 0 radical (unpaired) electrons. The van der Waals surface area contributed by atoms with E-state index in [2.05, 4.69) is 9.97 Å². The van der Waals surface area contributed by atoms with E-state index in [9.17, 15) is 9.59 Å². The molecule has 1 unspecified atom stereocenters. The number of anilines is 1. The fourth-order valence-corrected chi connectivity index (χ4v) is 4.13. The molecular formula is C20H13N3O4S. The molecule has 1 aliphatic heterocycles. The number of ether oxygens (including phenoxy) is 1. The molecule has 0 saturated carbocycles. The monoisotopic (exact) mass is 391 g/mol. The summed E-state index contributed by atoms with van der Waals surface area (Å²) in [6, 6.07) is 7.90. The van der Waals surface area contributed by atoms with E-state index in [1.807, 2.05) is 6.07 Å². The van der Waals surface area contributed by atoms with Crippen LogP contribution in [-0.2, 0) is 0 Å². The zero-order chi connectivity index (χ0) is 19.3. The predicted octanol–water partition coefficient (Wildman–Crippen LogP) is 3.40. The minimum atomic E-state index is -0.648. The summed E-state index contributed by atoms with van der Waals surface area (Å²) >= 11 is 1.32. The number of carbonyl (C=O) groups excluding carboxylic acids is 1. The maximum atomic E-state index is 13.3. The lowest BCUT2D eigenvalue weighted by Crippen LogP contribution is -2.29. The minimum absolute atomic E-state index is 0.0230. The molecule has 5 rings (SSSR count). The Labute approximate surface area is 162 Å². The highest BCUT2D eigenvalue weighted by molar-refractivity contribution is 7.13. The Morgan fingerprint density at radius 3 is 2.82 bits per heavy atom. The number of thiazole rings is 1. The molecule has 4 aromatic rings. The summed E-state index contributed by atoms with van der Waals surface area (Å²) < 4.78 is 11.1. The lowest BCUT2D eigenvalue weighted by Gasteiger charge is -2.22. The summed E-state index contributed by atoms with van der Waals surface area (Å²) in [5.41, 5.74) is 1.07. The number of aromatic nitrogens is 2. The first-order chi connectivity index (χ1) is 13.7. The Kier molecular flexibility index (Phi) is 3.73. The Hall–Kier alpha value is -3.52. The number of hydrogen-bond donors (Lipinski definition) is 0. The van der Waals surface area contributed by atoms with Gasteiger partial charge in [-0.15, -0.1) is 11.3 Å². The van der Waals surface area contributed by atoms with Crippen LogP contribution >= 0.6 is 11.3 Å². The van der Waals surface area contributed by atoms with Gasteiger partial charge in [-0.2, -0.15) is 0 Å². The highest BCUT2D eigenvalue weighted by Crippen LogP contribution is 2.41. The first-order valence-corrected chi connectivity index (χ1v) is 9.34. The van der Waals surface area contributed by atoms with E-state index in [4.69, 9.17) is 9.15 Å². The van der Waals surface area contributed by atoms with E-state index in [0.29, 0.717) is 33.0 Å². The number of pyridine rings is 1. The van der Waals surface area contributed by atoms with Crippen molar-refractivity contribution in [2.75, 3.05) is 12.0 Å². The summed E-state index contributed by atoms with van der Waals surface area (Å²) in [7, 11) is 1.53. The smallest absolute Gasteiger partial charge is 0.297 e. The molecule has 0 fully saturated rings. The Morgan fingerprint density at radius 2 is 2.11 bits per heavy atom. The van der Waals surface area contributed by atoms with E-state index in [0.717, 1.165) is 0 Å². The van der Waals surface area contributed by atoms with E-state index < -0.39 is 11.9 Å². The predicted molar refractivity (Wildman–Crippen MR) is 104 cm³/mol. The summed E-state index contributed by atoms with van der Waals surface area (Å²) in [6.45, 7) is 0. The normalized spacial score (nSPS) is 15.8. The van der Waals surface area contributed by atoms with E-state index >= 15 is 0 Å². The number of methoxy groups -OCH3 is 1. The van der Waals surface area contributed by atoms with Crippen LogP contribution < -0.4 is 15.1 Å². The molecule has 1 aromatic carbocycles. The zero-order valence-corrected chi connectivity index (χ0v) is 15.5. The molecule has 0 spiro atoms. The van der Waals surface area contributed by atoms with Crippen molar-refractivity contribution in [3.8, 4) is 5.75 Å². The SMILES string of the molecule is COc1ccc2c(=O)c3c(oc2c1)C(=O)N(c1nccs1)C3c1cccnc1. The van der Waals surface area contributed by atoms with Crippen LogP contribution in [0.25, 0.3) is 11.0 Å². The van der Waals surface area contributed by atoms with Crippen LogP contribution in [0.1, 0.15) is 27.7 Å². The van der Waals surface area contributed by atoms with Gasteiger partial charge in [0.1, 0.15) is 11.3 Å². The topological polar surface area (TPSA) is 85.5 Å². The van der Waals surface area contributed by atoms with E-state index in [1.165, 1.54) is 23.3 Å². The van der Waals surface area contributed by atoms with Gasteiger partial charge in [-0.3, -0.25) is 19.5 Å². The van der Waals surface area contributed by atoms with Gasteiger partial charge in [-0.1, -0.05) is 6.07 Å². The number of fused-ring (bicyclic) bond motifs is 2. The van der Waals surface area contributed by atoms with Gasteiger partial charge in [0.25, 0.3) is 5.91 Å². The number of hydrogen-bond acceptors (Lipinski definition) is 7. The van der Waals surface area contributed by atoms with Gasteiger partial charge in [-0.05, 0) is 23.8 Å². The first kappa shape index (κ1) is 16.6. The Balaban J connectivity index is 1.82. The molecule has 0 saturated heterocycles. The zero-order valence-electron chi connectivity index (χ0n) is 14.7. The van der Waals surface area contributed by atoms with Crippen molar-refractivity contribution in [1.29, 1.82) is 0 Å². The second kappa shape index (κ2) is 6.28. The average Bonchev–Trinajstić information content (AvgIpc) is 3.35. The number of carbonyl (C=O) groups is 1. The third-order valence-electron chi connectivity index (χ3n) is 4.70. The lowest BCUT2D eigenvalue weighted by molar-refractivity contribution is 0.0971. The number of rotatable bonds is 3. The van der Waals surface area contributed by atoms with Crippen molar-refractivity contribution in [3.05, 3.63) is 81.4 Å². The molecule has 1 atom stereocenters. The largest absolute Gasteiger partial charge is 0.497 e. The highest BCUT2D eigenvalue weighted by Gasteiger charge is 2.44. The van der Waals surface area contributed by atoms with E-state index in [1.54, 1.807) is 48.2 Å². The number of benzene rings is 1. The molecule has 0 bridgehead atoms. The lowest BCUT2D eigenvalue weighted by atomic mass is 10.00. The number of amides is 1. The summed E-state index contributed by atoms with van der Waals surface area (Å²) in [5.74, 6) is 0.164. The first-order valence-electron chi connectivity index (χ1n) is 8.47. The average molecular weight is 391 g/mol. The second-order valence-electron chi connectivity index (χ2n) is 6.21. The third-order valence-corrected chi connectivity index (χ3v) is 5.48. The van der Waals surface area contributed by atoms with Gasteiger partial charge in [0.2, 0.25) is 5.76 Å². The minimum Gasteiger partial charge on any atom is -0.497 e. The van der Waals surface area contributed by atoms with Crippen molar-refractivity contribution >= 4 is 33.3 Å². The van der Waals surface area contributed by atoms with Crippen molar-refractivity contribution in [3.63, 3.8) is 0 Å². The summed E-state index contributed by atoms with van der Waals surface area (Å²) in [6.07, 6.45) is 4.91. The van der Waals surface area contributed by atoms with Crippen LogP contribution in [0.15, 0.2) is 63.5 Å². The fourth-order valence-electron chi connectivity index (χ4n) is 3.46. The maximum absolute atomic E-state index is 13.3. The van der Waals surface area contributed by atoms with Crippen molar-refractivity contribution in [1.82, 2.24) is 9.97 Å². The molecular weight excluding hydrogens is 378 g/mol. The molecule has 4 heterocycles. The van der Waals surface area contributed by atoms with Crippen LogP contribution in [-0.4, -0.2) is 23.0 Å². The quantitative estimate of drug-likeness (QED) is 0.532. The fraction of sp³-hybridized carbons (Fsp3) is 0.100. The van der Waals surface area contributed by atoms with Crippen molar-refractivity contribution in [2.24, 2.45) is 0 Å². The van der Waals surface area contributed by atoms with Crippen LogP contribution in [0.2, 0.25) is 0 Å². The molecule has 7 nitrogen and oxygen atoms in total. The van der Waals surface area contributed by atoms with Crippen molar-refractivity contribution in [2.45, 2.75) is 6.04 Å². The standard InChI is InChI=1S/C20H13N3O4S/c1-26-12-4-5-13-14(9-12)27-18-15(17(13)24)16(11-3-2-6-21-10-11)23(19(18)25)20-22-7-8-28-20/h2-10,16H,1H3. The van der Waals surface area contributed by atoms with Crippen LogP contribution in [0.3, 0.4) is 0 Å².